The van der Waals surface area contributed by atoms with Crippen LogP contribution < -0.4 is 17.2 Å². The average molecular weight is 700 g/mol. The maximum atomic E-state index is 6.50. The molecule has 5 aromatic rings. The third-order valence-electron chi connectivity index (χ3n) is 8.67. The van der Waals surface area contributed by atoms with Crippen molar-refractivity contribution in [2.24, 2.45) is 15.7 Å². The Morgan fingerprint density at radius 2 is 1.02 bits per heavy atom. The molecule has 4 aromatic carbocycles. The van der Waals surface area contributed by atoms with Crippen LogP contribution in [-0.2, 0) is 17.9 Å². The predicted molar refractivity (Wildman–Crippen MR) is 206 cm³/mol. The number of nitrogens with two attached hydrogens (primary N) is 3. The Balaban J connectivity index is 1.36. The Morgan fingerprint density at radius 3 is 1.56 bits per heavy atom. The SMILES string of the molecule is C=C/C(N)=C(C1=N/C(=C(/c2ccc(N)cc2)c2ccc(/C(=C3/C=CC([C](=[Zn])c4ccccc4)=N3)c3ccccc3)[nH]2)C=C1)\c1ccc(N)cc1. The van der Waals surface area contributed by atoms with Crippen LogP contribution >= 0.6 is 0 Å². The predicted octanol–water partition coefficient (Wildman–Crippen LogP) is 8.04. The molecule has 0 bridgehead atoms. The quantitative estimate of drug-likeness (QED) is 0.0709. The van der Waals surface area contributed by atoms with E-state index in [1.807, 2.05) is 72.8 Å². The summed E-state index contributed by atoms with van der Waals surface area (Å²) in [7, 11) is 0. The minimum Gasteiger partial charge on any atom is -0.399 e. The molecule has 0 saturated heterocycles. The fourth-order valence-corrected chi connectivity index (χ4v) is 7.04. The molecule has 50 heavy (non-hydrogen) atoms. The molecule has 7 N–H and O–H groups in total. The van der Waals surface area contributed by atoms with E-state index in [9.17, 15) is 0 Å². The van der Waals surface area contributed by atoms with Crippen LogP contribution in [-0.4, -0.2) is 20.5 Å². The van der Waals surface area contributed by atoms with Crippen molar-refractivity contribution >= 4 is 43.6 Å². The summed E-state index contributed by atoms with van der Waals surface area (Å²) >= 11 is 0.996. The molecule has 0 aliphatic carbocycles. The summed E-state index contributed by atoms with van der Waals surface area (Å²) in [6, 6.07) is 40.5. The van der Waals surface area contributed by atoms with Crippen molar-refractivity contribution in [3.63, 3.8) is 0 Å². The first-order valence-electron chi connectivity index (χ1n) is 16.3. The van der Waals surface area contributed by atoms with Crippen molar-refractivity contribution in [1.82, 2.24) is 4.98 Å². The van der Waals surface area contributed by atoms with Gasteiger partial charge in [-0.15, -0.1) is 0 Å². The van der Waals surface area contributed by atoms with E-state index in [4.69, 9.17) is 27.2 Å². The first-order valence-corrected chi connectivity index (χ1v) is 17.7. The first kappa shape index (κ1) is 32.4. The van der Waals surface area contributed by atoms with Crippen LogP contribution in [0.15, 0.2) is 185 Å². The molecule has 7 heteroatoms. The first-order chi connectivity index (χ1) is 24.4. The molecular formula is C43H34N6Zn. The third-order valence-corrected chi connectivity index (χ3v) is 10.3. The van der Waals surface area contributed by atoms with E-state index in [0.717, 1.165) is 85.5 Å². The summed E-state index contributed by atoms with van der Waals surface area (Å²) in [4.78, 5) is 14.1. The van der Waals surface area contributed by atoms with Crippen molar-refractivity contribution in [3.05, 3.63) is 209 Å². The van der Waals surface area contributed by atoms with Gasteiger partial charge in [0.15, 0.2) is 0 Å². The van der Waals surface area contributed by atoms with Gasteiger partial charge in [-0.3, -0.25) is 0 Å². The number of aromatic nitrogens is 1. The van der Waals surface area contributed by atoms with Gasteiger partial charge in [-0.1, -0.05) is 18.7 Å². The van der Waals surface area contributed by atoms with Crippen molar-refractivity contribution in [1.29, 1.82) is 0 Å². The summed E-state index contributed by atoms with van der Waals surface area (Å²) in [5.41, 5.74) is 32.7. The van der Waals surface area contributed by atoms with Gasteiger partial charge < -0.3 is 17.2 Å². The van der Waals surface area contributed by atoms with Crippen LogP contribution in [0.3, 0.4) is 0 Å². The Bertz CT molecular complexity index is 2330. The smallest absolute Gasteiger partial charge is 0.399 e. The number of hydrogen-bond acceptors (Lipinski definition) is 5. The van der Waals surface area contributed by atoms with E-state index in [0.29, 0.717) is 17.1 Å². The molecule has 0 atom stereocenters. The van der Waals surface area contributed by atoms with E-state index in [-0.39, 0.29) is 0 Å². The number of aromatic amines is 1. The van der Waals surface area contributed by atoms with Gasteiger partial charge in [-0.2, -0.15) is 0 Å². The molecule has 2 aliphatic heterocycles. The van der Waals surface area contributed by atoms with Crippen LogP contribution in [0.5, 0.6) is 0 Å². The van der Waals surface area contributed by atoms with Crippen LogP contribution in [0.4, 0.5) is 11.4 Å². The molecular weight excluding hydrogens is 666 g/mol. The van der Waals surface area contributed by atoms with Crippen molar-refractivity contribution in [3.8, 4) is 0 Å². The Labute approximate surface area is 301 Å². The Morgan fingerprint density at radius 1 is 0.560 bits per heavy atom. The number of rotatable bonds is 9. The van der Waals surface area contributed by atoms with Gasteiger partial charge in [0.05, 0.1) is 0 Å². The fraction of sp³-hybridized carbons (Fsp3) is 0. The zero-order valence-electron chi connectivity index (χ0n) is 27.5. The number of H-pyrrole nitrogens is 1. The zero-order chi connectivity index (χ0) is 34.6. The van der Waals surface area contributed by atoms with Gasteiger partial charge in [0.2, 0.25) is 0 Å². The van der Waals surface area contributed by atoms with Gasteiger partial charge in [0, 0.05) is 22.6 Å². The van der Waals surface area contributed by atoms with Gasteiger partial charge >= 0.3 is 220 Å². The topological polar surface area (TPSA) is 119 Å². The van der Waals surface area contributed by atoms with Crippen molar-refractivity contribution < 1.29 is 17.9 Å². The number of nitrogens with zero attached hydrogens (tertiary/aromatic N) is 2. The molecule has 2 aliphatic rings. The van der Waals surface area contributed by atoms with Crippen molar-refractivity contribution in [2.75, 3.05) is 11.5 Å². The van der Waals surface area contributed by atoms with Gasteiger partial charge in [-0.05, 0) is 23.8 Å². The number of nitrogen functional groups attached to an aromatic ring is 2. The summed E-state index contributed by atoms with van der Waals surface area (Å²) in [6.45, 7) is 3.93. The second kappa shape index (κ2) is 14.1. The summed E-state index contributed by atoms with van der Waals surface area (Å²) in [5, 5.41) is 0. The molecule has 238 valence electrons. The van der Waals surface area contributed by atoms with Crippen LogP contribution in [0, 0.1) is 0 Å². The van der Waals surface area contributed by atoms with Gasteiger partial charge in [0.1, 0.15) is 0 Å². The molecule has 0 fully saturated rings. The Hall–Kier alpha value is -6.17. The zero-order valence-corrected chi connectivity index (χ0v) is 30.4. The van der Waals surface area contributed by atoms with Crippen LogP contribution in [0.1, 0.15) is 33.6 Å². The van der Waals surface area contributed by atoms with Crippen molar-refractivity contribution in [2.45, 2.75) is 0 Å². The number of allylic oxidation sites excluding steroid dienone is 6. The van der Waals surface area contributed by atoms with E-state index >= 15 is 0 Å². The minimum absolute atomic E-state index is 0.529. The molecule has 0 amide bonds. The van der Waals surface area contributed by atoms with Crippen LogP contribution in [0.25, 0.3) is 16.7 Å². The average Bonchev–Trinajstić information content (AvgIpc) is 3.94. The molecule has 0 radical (unpaired) electrons. The Kier molecular flexibility index (Phi) is 9.15. The number of aliphatic imine (C=N–C) groups is 2. The number of anilines is 2. The summed E-state index contributed by atoms with van der Waals surface area (Å²) in [5.74, 6) is 0. The molecule has 1 aromatic heterocycles. The molecule has 0 unspecified atom stereocenters. The number of hydrogen-bond donors (Lipinski definition) is 4. The van der Waals surface area contributed by atoms with E-state index in [1.165, 1.54) is 9.67 Å². The normalized spacial score (nSPS) is 16.1. The van der Waals surface area contributed by atoms with Crippen LogP contribution in [0.2, 0.25) is 0 Å². The van der Waals surface area contributed by atoms with E-state index in [1.54, 1.807) is 6.08 Å². The monoisotopic (exact) mass is 698 g/mol. The number of benzene rings is 4. The minimum atomic E-state index is 0.529. The van der Waals surface area contributed by atoms with Gasteiger partial charge in [0.25, 0.3) is 0 Å². The maximum absolute atomic E-state index is 6.50. The fourth-order valence-electron chi connectivity index (χ4n) is 6.14. The van der Waals surface area contributed by atoms with E-state index in [2.05, 4.69) is 84.4 Å². The van der Waals surface area contributed by atoms with Gasteiger partial charge in [-0.25, -0.2) is 0 Å². The molecule has 6 nitrogen and oxygen atoms in total. The second-order valence-electron chi connectivity index (χ2n) is 12.0. The second-order valence-corrected chi connectivity index (χ2v) is 13.4. The number of nitrogens with one attached hydrogen (secondary N) is 1. The molecule has 7 rings (SSSR count). The standard InChI is InChI=1S/C43H34N6.Zn/c1-2-35(46)41(30-13-17-32(44)18-14-30)36-23-24-39(48-36)43(31-15-19-33(45)20-16-31)40-26-25-38(49-40)42(29-11-7-4-8-12-29)37-22-21-34(47-37)27-28-9-5-3-6-10-28;/h2-26,49H,1,44-46H2;/b41-35-,42-37-,43-39-;. The summed E-state index contributed by atoms with van der Waals surface area (Å²) in [6.07, 6.45) is 9.89. The summed E-state index contributed by atoms with van der Waals surface area (Å²) < 4.78 is 1.25. The third kappa shape index (κ3) is 6.60. The molecule has 0 saturated carbocycles. The molecule has 3 heterocycles. The molecule has 0 spiro atoms. The van der Waals surface area contributed by atoms with E-state index < -0.39 is 0 Å².